The van der Waals surface area contributed by atoms with Crippen LogP contribution in [0, 0.1) is 6.92 Å². The lowest BCUT2D eigenvalue weighted by Crippen LogP contribution is -2.39. The van der Waals surface area contributed by atoms with Crippen molar-refractivity contribution < 1.29 is 8.42 Å². The Labute approximate surface area is 124 Å². The monoisotopic (exact) mass is 309 g/mol. The van der Waals surface area contributed by atoms with Crippen LogP contribution in [0.3, 0.4) is 0 Å². The smallest absolute Gasteiger partial charge is 0.246 e. The van der Waals surface area contributed by atoms with Crippen LogP contribution in [0.2, 0.25) is 0 Å². The first-order valence-corrected chi connectivity index (χ1v) is 8.41. The predicted molar refractivity (Wildman–Crippen MR) is 77.3 cm³/mol. The van der Waals surface area contributed by atoms with Crippen LogP contribution in [0.15, 0.2) is 23.5 Å². The van der Waals surface area contributed by atoms with E-state index in [4.69, 9.17) is 0 Å². The number of imidazole rings is 1. The van der Waals surface area contributed by atoms with Crippen molar-refractivity contribution in [2.45, 2.75) is 30.6 Å². The van der Waals surface area contributed by atoms with Crippen LogP contribution in [0.1, 0.15) is 30.3 Å². The second-order valence-electron chi connectivity index (χ2n) is 5.49. The molecule has 1 fully saturated rings. The Hall–Kier alpha value is -1.67. The van der Waals surface area contributed by atoms with Crippen LogP contribution in [0.5, 0.6) is 0 Å². The minimum Gasteiger partial charge on any atom is -0.337 e. The highest BCUT2D eigenvalue weighted by Gasteiger charge is 2.32. The Bertz CT molecular complexity index is 720. The number of aromatic nitrogens is 4. The standard InChI is InChI=1S/C13H19N5O2S/c1-10-8-17(2)13(16-10)11-4-3-5-18(9-11)21(19,20)12-6-14-15-7-12/h6-8,11H,3-5,9H2,1-2H3,(H,14,15). The van der Waals surface area contributed by atoms with Gasteiger partial charge in [-0.1, -0.05) is 0 Å². The first kappa shape index (κ1) is 14.3. The van der Waals surface area contributed by atoms with Gasteiger partial charge in [0.05, 0.1) is 11.9 Å². The molecule has 1 aliphatic rings. The average molecular weight is 309 g/mol. The average Bonchev–Trinajstić information content (AvgIpc) is 3.09. The molecule has 3 heterocycles. The van der Waals surface area contributed by atoms with Gasteiger partial charge in [-0.3, -0.25) is 5.10 Å². The molecule has 3 rings (SSSR count). The molecule has 0 amide bonds. The van der Waals surface area contributed by atoms with E-state index >= 15 is 0 Å². The number of aromatic amines is 1. The number of H-pyrrole nitrogens is 1. The molecule has 0 aromatic carbocycles. The van der Waals surface area contributed by atoms with Crippen molar-refractivity contribution in [1.82, 2.24) is 24.1 Å². The predicted octanol–water partition coefficient (Wildman–Crippen LogP) is 1.02. The molecule has 1 aliphatic heterocycles. The summed E-state index contributed by atoms with van der Waals surface area (Å²) in [5.74, 6) is 1.10. The molecular formula is C13H19N5O2S. The topological polar surface area (TPSA) is 83.9 Å². The second-order valence-corrected chi connectivity index (χ2v) is 7.43. The van der Waals surface area contributed by atoms with Gasteiger partial charge in [-0.15, -0.1) is 0 Å². The lowest BCUT2D eigenvalue weighted by molar-refractivity contribution is 0.306. The molecule has 8 heteroatoms. The highest BCUT2D eigenvalue weighted by atomic mass is 32.2. The van der Waals surface area contributed by atoms with Crippen molar-refractivity contribution in [2.24, 2.45) is 7.05 Å². The molecule has 0 saturated carbocycles. The van der Waals surface area contributed by atoms with Gasteiger partial charge in [0.15, 0.2) is 0 Å². The molecule has 2 aromatic heterocycles. The summed E-state index contributed by atoms with van der Waals surface area (Å²) >= 11 is 0. The van der Waals surface area contributed by atoms with Crippen molar-refractivity contribution in [3.05, 3.63) is 30.1 Å². The zero-order valence-corrected chi connectivity index (χ0v) is 13.0. The van der Waals surface area contributed by atoms with Crippen LogP contribution >= 0.6 is 0 Å². The van der Waals surface area contributed by atoms with E-state index in [-0.39, 0.29) is 10.8 Å². The summed E-state index contributed by atoms with van der Waals surface area (Å²) in [4.78, 5) is 4.76. The van der Waals surface area contributed by atoms with Crippen LogP contribution in [0.4, 0.5) is 0 Å². The fourth-order valence-electron chi connectivity index (χ4n) is 2.91. The van der Waals surface area contributed by atoms with Crippen molar-refractivity contribution >= 4 is 10.0 Å². The molecule has 0 aliphatic carbocycles. The van der Waals surface area contributed by atoms with Gasteiger partial charge in [0.25, 0.3) is 0 Å². The lowest BCUT2D eigenvalue weighted by Gasteiger charge is -2.31. The highest BCUT2D eigenvalue weighted by Crippen LogP contribution is 2.29. The molecule has 114 valence electrons. The molecule has 21 heavy (non-hydrogen) atoms. The summed E-state index contributed by atoms with van der Waals surface area (Å²) in [5.41, 5.74) is 0.960. The quantitative estimate of drug-likeness (QED) is 0.917. The summed E-state index contributed by atoms with van der Waals surface area (Å²) in [6.45, 7) is 2.97. The van der Waals surface area contributed by atoms with Gasteiger partial charge >= 0.3 is 0 Å². The number of sulfonamides is 1. The first-order valence-electron chi connectivity index (χ1n) is 6.97. The SMILES string of the molecule is Cc1cn(C)c(C2CCCN(S(=O)(=O)c3cn[nH]c3)C2)n1. The number of nitrogens with one attached hydrogen (secondary N) is 1. The summed E-state index contributed by atoms with van der Waals surface area (Å²) in [7, 11) is -1.51. The number of nitrogens with zero attached hydrogens (tertiary/aromatic N) is 4. The third-order valence-corrected chi connectivity index (χ3v) is 5.72. The van der Waals surface area contributed by atoms with E-state index in [0.29, 0.717) is 13.1 Å². The minimum atomic E-state index is -3.46. The Kier molecular flexibility index (Phi) is 3.58. The van der Waals surface area contributed by atoms with Crippen LogP contribution < -0.4 is 0 Å². The second kappa shape index (κ2) is 5.27. The number of hydrogen-bond donors (Lipinski definition) is 1. The van der Waals surface area contributed by atoms with Crippen molar-refractivity contribution in [2.75, 3.05) is 13.1 Å². The summed E-state index contributed by atoms with van der Waals surface area (Å²) in [6.07, 6.45) is 6.54. The van der Waals surface area contributed by atoms with Crippen molar-refractivity contribution in [3.63, 3.8) is 0 Å². The maximum Gasteiger partial charge on any atom is 0.246 e. The Balaban J connectivity index is 1.85. The van der Waals surface area contributed by atoms with Crippen molar-refractivity contribution in [3.8, 4) is 0 Å². The summed E-state index contributed by atoms with van der Waals surface area (Å²) in [5, 5.41) is 6.29. The molecule has 1 atom stereocenters. The fourth-order valence-corrected chi connectivity index (χ4v) is 4.35. The Morgan fingerprint density at radius 1 is 1.43 bits per heavy atom. The molecule has 2 aromatic rings. The van der Waals surface area contributed by atoms with E-state index in [1.54, 1.807) is 0 Å². The Morgan fingerprint density at radius 2 is 2.24 bits per heavy atom. The van der Waals surface area contributed by atoms with Crippen molar-refractivity contribution in [1.29, 1.82) is 0 Å². The summed E-state index contributed by atoms with van der Waals surface area (Å²) < 4.78 is 28.6. The van der Waals surface area contributed by atoms with E-state index in [9.17, 15) is 8.42 Å². The number of hydrogen-bond acceptors (Lipinski definition) is 4. The zero-order valence-electron chi connectivity index (χ0n) is 12.2. The van der Waals surface area contributed by atoms with Crippen LogP contribution in [-0.2, 0) is 17.1 Å². The number of rotatable bonds is 3. The molecule has 0 bridgehead atoms. The van der Waals surface area contributed by atoms with E-state index in [1.165, 1.54) is 16.7 Å². The molecule has 0 radical (unpaired) electrons. The third kappa shape index (κ3) is 2.60. The largest absolute Gasteiger partial charge is 0.337 e. The first-order chi connectivity index (χ1) is 9.98. The normalized spacial score (nSPS) is 20.8. The molecular weight excluding hydrogens is 290 g/mol. The lowest BCUT2D eigenvalue weighted by atomic mass is 9.99. The van der Waals surface area contributed by atoms with Gasteiger partial charge < -0.3 is 4.57 Å². The van der Waals surface area contributed by atoms with Gasteiger partial charge in [-0.05, 0) is 19.8 Å². The zero-order chi connectivity index (χ0) is 15.0. The molecule has 1 N–H and O–H groups in total. The molecule has 1 unspecified atom stereocenters. The third-order valence-electron chi connectivity index (χ3n) is 3.89. The van der Waals surface area contributed by atoms with Crippen LogP contribution in [0.25, 0.3) is 0 Å². The van der Waals surface area contributed by atoms with Gasteiger partial charge in [-0.25, -0.2) is 13.4 Å². The van der Waals surface area contributed by atoms with E-state index < -0.39 is 10.0 Å². The van der Waals surface area contributed by atoms with Gasteiger partial charge in [0.1, 0.15) is 10.7 Å². The fraction of sp³-hybridized carbons (Fsp3) is 0.538. The molecule has 0 spiro atoms. The van der Waals surface area contributed by atoms with E-state index in [1.807, 2.05) is 24.7 Å². The maximum atomic E-state index is 12.6. The van der Waals surface area contributed by atoms with Crippen LogP contribution in [-0.4, -0.2) is 45.6 Å². The van der Waals surface area contributed by atoms with Gasteiger partial charge in [0, 0.05) is 38.4 Å². The van der Waals surface area contributed by atoms with E-state index in [2.05, 4.69) is 15.2 Å². The van der Waals surface area contributed by atoms with Gasteiger partial charge in [-0.2, -0.15) is 9.40 Å². The molecule has 1 saturated heterocycles. The maximum absolute atomic E-state index is 12.6. The number of aryl methyl sites for hydroxylation is 2. The van der Waals surface area contributed by atoms with E-state index in [0.717, 1.165) is 24.4 Å². The molecule has 7 nitrogen and oxygen atoms in total. The van der Waals surface area contributed by atoms with Gasteiger partial charge in [0.2, 0.25) is 10.0 Å². The number of piperidine rings is 1. The Morgan fingerprint density at radius 3 is 2.86 bits per heavy atom. The summed E-state index contributed by atoms with van der Waals surface area (Å²) in [6, 6.07) is 0. The minimum absolute atomic E-state index is 0.138. The highest BCUT2D eigenvalue weighted by molar-refractivity contribution is 7.89.